The van der Waals surface area contributed by atoms with Crippen LogP contribution in [0.15, 0.2) is 72.8 Å². The topological polar surface area (TPSA) is 35.5 Å². The highest BCUT2D eigenvalue weighted by molar-refractivity contribution is 5.91. The van der Waals surface area contributed by atoms with Gasteiger partial charge in [-0.05, 0) is 84.7 Å². The summed E-state index contributed by atoms with van der Waals surface area (Å²) < 4.78 is 11.9. The van der Waals surface area contributed by atoms with Gasteiger partial charge in [0.25, 0.3) is 0 Å². The van der Waals surface area contributed by atoms with E-state index in [1.807, 2.05) is 48.5 Å². The molecule has 3 nitrogen and oxygen atoms in total. The molecule has 0 heterocycles. The van der Waals surface area contributed by atoms with E-state index in [0.717, 1.165) is 30.6 Å². The van der Waals surface area contributed by atoms with Gasteiger partial charge in [-0.25, -0.2) is 4.79 Å². The maximum atomic E-state index is 12.7. The summed E-state index contributed by atoms with van der Waals surface area (Å²) in [4.78, 5) is 12.7. The van der Waals surface area contributed by atoms with Gasteiger partial charge in [0.1, 0.15) is 17.1 Å². The maximum Gasteiger partial charge on any atom is 0.343 e. The molecule has 0 bridgehead atoms. The van der Waals surface area contributed by atoms with Crippen molar-refractivity contribution in [1.29, 1.82) is 0 Å². The molecule has 3 rings (SSSR count). The van der Waals surface area contributed by atoms with E-state index in [-0.39, 0.29) is 22.4 Å². The fourth-order valence-electron chi connectivity index (χ4n) is 4.15. The highest BCUT2D eigenvalue weighted by atomic mass is 16.5. The number of benzene rings is 3. The third-order valence-electron chi connectivity index (χ3n) is 8.01. The lowest BCUT2D eigenvalue weighted by Crippen LogP contribution is -2.30. The fourth-order valence-corrected chi connectivity index (χ4v) is 4.15. The second-order valence-electron chi connectivity index (χ2n) is 11.1. The summed E-state index contributed by atoms with van der Waals surface area (Å²) in [6.45, 7) is 17.5. The van der Waals surface area contributed by atoms with Crippen LogP contribution in [0.1, 0.15) is 102 Å². The predicted octanol–water partition coefficient (Wildman–Crippen LogP) is 8.88. The largest absolute Gasteiger partial charge is 0.488 e. The van der Waals surface area contributed by atoms with E-state index in [4.69, 9.17) is 9.47 Å². The van der Waals surface area contributed by atoms with Crippen molar-refractivity contribution in [2.24, 2.45) is 0 Å². The van der Waals surface area contributed by atoms with Crippen LogP contribution in [-0.4, -0.2) is 11.6 Å². The lowest BCUT2D eigenvalue weighted by molar-refractivity contribution is 0.0734. The molecule has 0 saturated carbocycles. The first-order valence-electron chi connectivity index (χ1n) is 13.2. The zero-order valence-electron chi connectivity index (χ0n) is 23.3. The van der Waals surface area contributed by atoms with Crippen molar-refractivity contribution in [3.8, 4) is 11.5 Å². The van der Waals surface area contributed by atoms with Crippen LogP contribution in [0.25, 0.3) is 0 Å². The average molecular weight is 487 g/mol. The molecule has 36 heavy (non-hydrogen) atoms. The molecule has 0 spiro atoms. The quantitative estimate of drug-likeness (QED) is 0.212. The second-order valence-corrected chi connectivity index (χ2v) is 11.1. The Bertz CT molecular complexity index is 1130. The van der Waals surface area contributed by atoms with Crippen LogP contribution in [0.4, 0.5) is 0 Å². The summed E-state index contributed by atoms with van der Waals surface area (Å²) in [6, 6.07) is 23.9. The Balaban J connectivity index is 1.69. The molecule has 0 radical (unpaired) electrons. The molecule has 0 saturated heterocycles. The Labute approximate surface area is 217 Å². The molecule has 0 unspecified atom stereocenters. The minimum atomic E-state index is -0.343. The average Bonchev–Trinajstić information content (AvgIpc) is 2.89. The van der Waals surface area contributed by atoms with Gasteiger partial charge >= 0.3 is 5.97 Å². The molecule has 0 aliphatic rings. The van der Waals surface area contributed by atoms with E-state index in [9.17, 15) is 4.79 Å². The van der Waals surface area contributed by atoms with Gasteiger partial charge in [0.05, 0.1) is 5.56 Å². The van der Waals surface area contributed by atoms with Gasteiger partial charge in [-0.3, -0.25) is 0 Å². The lowest BCUT2D eigenvalue weighted by Gasteiger charge is -2.30. The lowest BCUT2D eigenvalue weighted by atomic mass is 9.78. The molecular weight excluding hydrogens is 444 g/mol. The van der Waals surface area contributed by atoms with E-state index < -0.39 is 0 Å². The minimum absolute atomic E-state index is 0.0873. The summed E-state index contributed by atoms with van der Waals surface area (Å²) >= 11 is 0. The van der Waals surface area contributed by atoms with Crippen molar-refractivity contribution < 1.29 is 14.3 Å². The van der Waals surface area contributed by atoms with E-state index in [0.29, 0.717) is 11.3 Å². The zero-order chi connectivity index (χ0) is 26.6. The van der Waals surface area contributed by atoms with Gasteiger partial charge in [0.15, 0.2) is 0 Å². The molecule has 0 N–H and O–H groups in total. The van der Waals surface area contributed by atoms with Gasteiger partial charge in [-0.1, -0.05) is 84.9 Å². The Morgan fingerprint density at radius 1 is 0.611 bits per heavy atom. The van der Waals surface area contributed by atoms with E-state index in [1.54, 1.807) is 0 Å². The van der Waals surface area contributed by atoms with Crippen LogP contribution in [0.2, 0.25) is 0 Å². The first kappa shape index (κ1) is 27.5. The van der Waals surface area contributed by atoms with E-state index in [2.05, 4.69) is 79.7 Å². The molecule has 0 atom stereocenters. The first-order chi connectivity index (χ1) is 16.9. The van der Waals surface area contributed by atoms with Crippen molar-refractivity contribution in [2.75, 3.05) is 0 Å². The third kappa shape index (κ3) is 6.19. The molecule has 3 aromatic rings. The van der Waals surface area contributed by atoms with Gasteiger partial charge in [0.2, 0.25) is 0 Å². The molecule has 0 aromatic heterocycles. The smallest absolute Gasteiger partial charge is 0.343 e. The third-order valence-corrected chi connectivity index (χ3v) is 8.01. The van der Waals surface area contributed by atoms with E-state index >= 15 is 0 Å². The second kappa shape index (κ2) is 10.9. The summed E-state index contributed by atoms with van der Waals surface area (Å²) in [7, 11) is 0. The zero-order valence-corrected chi connectivity index (χ0v) is 23.3. The number of carbonyl (C=O) groups excluding carboxylic acids is 1. The van der Waals surface area contributed by atoms with Crippen LogP contribution in [-0.2, 0) is 10.8 Å². The standard InChI is InChI=1S/C33H42O3/c1-9-31(4,5)25-14-12-24(13-15-25)30(34)35-28-20-16-26(17-21-28)32(6,7)27-18-22-29(23-19-27)36-33(8,10-2)11-3/h12-23H,9-11H2,1-8H3. The predicted molar refractivity (Wildman–Crippen MR) is 149 cm³/mol. The van der Waals surface area contributed by atoms with Gasteiger partial charge in [-0.15, -0.1) is 0 Å². The number of esters is 1. The van der Waals surface area contributed by atoms with Crippen molar-refractivity contribution >= 4 is 5.97 Å². The van der Waals surface area contributed by atoms with Crippen molar-refractivity contribution in [2.45, 2.75) is 91.1 Å². The Hall–Kier alpha value is -3.07. The van der Waals surface area contributed by atoms with E-state index in [1.165, 1.54) is 11.1 Å². The molecule has 3 aromatic carbocycles. The van der Waals surface area contributed by atoms with Crippen LogP contribution in [0, 0.1) is 0 Å². The molecule has 3 heteroatoms. The van der Waals surface area contributed by atoms with Gasteiger partial charge in [0, 0.05) is 5.41 Å². The van der Waals surface area contributed by atoms with Crippen LogP contribution in [0.5, 0.6) is 11.5 Å². The summed E-state index contributed by atoms with van der Waals surface area (Å²) in [5.74, 6) is 1.10. The number of hydrogen-bond donors (Lipinski definition) is 0. The summed E-state index contributed by atoms with van der Waals surface area (Å²) in [5.41, 5.74) is 3.86. The minimum Gasteiger partial charge on any atom is -0.488 e. The van der Waals surface area contributed by atoms with Crippen LogP contribution < -0.4 is 9.47 Å². The van der Waals surface area contributed by atoms with Gasteiger partial charge in [-0.2, -0.15) is 0 Å². The van der Waals surface area contributed by atoms with Crippen molar-refractivity contribution in [3.63, 3.8) is 0 Å². The Morgan fingerprint density at radius 3 is 1.50 bits per heavy atom. The summed E-state index contributed by atoms with van der Waals surface area (Å²) in [6.07, 6.45) is 2.97. The molecular formula is C33H42O3. The van der Waals surface area contributed by atoms with Crippen molar-refractivity contribution in [3.05, 3.63) is 95.1 Å². The van der Waals surface area contributed by atoms with Crippen LogP contribution >= 0.6 is 0 Å². The first-order valence-corrected chi connectivity index (χ1v) is 13.2. The Kier molecular flexibility index (Phi) is 8.33. The summed E-state index contributed by atoms with van der Waals surface area (Å²) in [5, 5.41) is 0. The molecule has 0 fully saturated rings. The number of hydrogen-bond acceptors (Lipinski definition) is 3. The Morgan fingerprint density at radius 2 is 1.06 bits per heavy atom. The number of carbonyl (C=O) groups is 1. The SMILES string of the molecule is CCC(C)(CC)Oc1ccc(C(C)(C)c2ccc(OC(=O)c3ccc(C(C)(C)CC)cc3)cc2)cc1. The highest BCUT2D eigenvalue weighted by Gasteiger charge is 2.25. The van der Waals surface area contributed by atoms with Crippen molar-refractivity contribution in [1.82, 2.24) is 0 Å². The van der Waals surface area contributed by atoms with Crippen LogP contribution in [0.3, 0.4) is 0 Å². The molecule has 0 amide bonds. The normalized spacial score (nSPS) is 12.3. The molecule has 0 aliphatic carbocycles. The molecule has 0 aliphatic heterocycles. The highest BCUT2D eigenvalue weighted by Crippen LogP contribution is 2.34. The molecule has 192 valence electrons. The van der Waals surface area contributed by atoms with Gasteiger partial charge < -0.3 is 9.47 Å². The fraction of sp³-hybridized carbons (Fsp3) is 0.424. The number of rotatable bonds is 10. The maximum absolute atomic E-state index is 12.7. The monoisotopic (exact) mass is 486 g/mol. The number of ether oxygens (including phenoxy) is 2.